The maximum absolute atomic E-state index is 12.4. The van der Waals surface area contributed by atoms with Crippen molar-refractivity contribution < 1.29 is 37.4 Å². The molecule has 0 aliphatic heterocycles. The fraction of sp³-hybridized carbons (Fsp3) is 0.286. The van der Waals surface area contributed by atoms with E-state index in [1.165, 1.54) is 31.4 Å². The number of methoxy groups -OCH3 is 1. The summed E-state index contributed by atoms with van der Waals surface area (Å²) < 4.78 is 38.9. The van der Waals surface area contributed by atoms with Gasteiger partial charge in [-0.15, -0.1) is 0 Å². The van der Waals surface area contributed by atoms with Crippen molar-refractivity contribution in [3.05, 3.63) is 53.6 Å². The van der Waals surface area contributed by atoms with Crippen LogP contribution in [0.25, 0.3) is 0 Å². The first-order chi connectivity index (χ1) is 14.3. The minimum absolute atomic E-state index is 0.00949. The lowest BCUT2D eigenvalue weighted by molar-refractivity contribution is -0.116. The van der Waals surface area contributed by atoms with Crippen LogP contribution in [0.1, 0.15) is 40.5 Å². The SMILES string of the molecule is CCCC(=O)Nc1ccc(C(=O)COC(=O)c2ccc(OC(F)F)c(OC)c2)cc1. The van der Waals surface area contributed by atoms with Crippen LogP contribution in [0.5, 0.6) is 11.5 Å². The third-order valence-electron chi connectivity index (χ3n) is 3.92. The van der Waals surface area contributed by atoms with Gasteiger partial charge >= 0.3 is 12.6 Å². The van der Waals surface area contributed by atoms with Crippen LogP contribution in [0.4, 0.5) is 14.5 Å². The van der Waals surface area contributed by atoms with Gasteiger partial charge in [0.1, 0.15) is 0 Å². The number of nitrogens with one attached hydrogen (secondary N) is 1. The van der Waals surface area contributed by atoms with E-state index in [9.17, 15) is 23.2 Å². The van der Waals surface area contributed by atoms with Gasteiger partial charge < -0.3 is 19.5 Å². The quantitative estimate of drug-likeness (QED) is 0.459. The molecule has 0 saturated heterocycles. The summed E-state index contributed by atoms with van der Waals surface area (Å²) in [5, 5.41) is 2.70. The molecule has 0 spiro atoms. The van der Waals surface area contributed by atoms with Gasteiger partial charge in [-0.25, -0.2) is 4.79 Å². The van der Waals surface area contributed by atoms with Gasteiger partial charge in [-0.3, -0.25) is 9.59 Å². The highest BCUT2D eigenvalue weighted by atomic mass is 19.3. The number of esters is 1. The number of ether oxygens (including phenoxy) is 3. The summed E-state index contributed by atoms with van der Waals surface area (Å²) in [4.78, 5) is 35.9. The Balaban J connectivity index is 1.95. The second-order valence-corrected chi connectivity index (χ2v) is 6.12. The molecule has 0 aromatic heterocycles. The normalized spacial score (nSPS) is 10.4. The zero-order valence-electron chi connectivity index (χ0n) is 16.4. The first-order valence-corrected chi connectivity index (χ1v) is 9.07. The highest BCUT2D eigenvalue weighted by Crippen LogP contribution is 2.29. The van der Waals surface area contributed by atoms with Crippen LogP contribution in [0.2, 0.25) is 0 Å². The van der Waals surface area contributed by atoms with Crippen LogP contribution in [-0.2, 0) is 9.53 Å². The summed E-state index contributed by atoms with van der Waals surface area (Å²) in [5.74, 6) is -1.69. The molecule has 2 aromatic rings. The number of halogens is 2. The standard InChI is InChI=1S/C21H21F2NO6/c1-3-4-19(26)24-15-8-5-13(6-9-15)16(25)12-29-20(27)14-7-10-17(30-21(22)23)18(11-14)28-2/h5-11,21H,3-4,12H2,1-2H3,(H,24,26). The minimum atomic E-state index is -3.04. The zero-order chi connectivity index (χ0) is 22.1. The maximum atomic E-state index is 12.4. The first kappa shape index (κ1) is 22.8. The molecule has 0 bridgehead atoms. The van der Waals surface area contributed by atoms with Gasteiger partial charge in [-0.05, 0) is 48.9 Å². The monoisotopic (exact) mass is 421 g/mol. The molecular formula is C21H21F2NO6. The number of rotatable bonds is 10. The average molecular weight is 421 g/mol. The number of carbonyl (C=O) groups excluding carboxylic acids is 3. The number of amides is 1. The Bertz CT molecular complexity index is 899. The van der Waals surface area contributed by atoms with Crippen molar-refractivity contribution in [3.8, 4) is 11.5 Å². The van der Waals surface area contributed by atoms with E-state index in [2.05, 4.69) is 10.1 Å². The summed E-state index contributed by atoms with van der Waals surface area (Å²) >= 11 is 0. The number of anilines is 1. The lowest BCUT2D eigenvalue weighted by atomic mass is 10.1. The van der Waals surface area contributed by atoms with Crippen LogP contribution < -0.4 is 14.8 Å². The maximum Gasteiger partial charge on any atom is 0.387 e. The predicted molar refractivity (Wildman–Crippen MR) is 104 cm³/mol. The van der Waals surface area contributed by atoms with E-state index >= 15 is 0 Å². The summed E-state index contributed by atoms with van der Waals surface area (Å²) in [6.07, 6.45) is 1.12. The van der Waals surface area contributed by atoms with E-state index in [0.717, 1.165) is 12.5 Å². The van der Waals surface area contributed by atoms with E-state index < -0.39 is 25.0 Å². The van der Waals surface area contributed by atoms with Crippen molar-refractivity contribution in [2.24, 2.45) is 0 Å². The van der Waals surface area contributed by atoms with Crippen molar-refractivity contribution in [2.45, 2.75) is 26.4 Å². The van der Waals surface area contributed by atoms with Crippen molar-refractivity contribution in [1.29, 1.82) is 0 Å². The molecule has 0 aliphatic rings. The van der Waals surface area contributed by atoms with Crippen LogP contribution in [0, 0.1) is 0 Å². The molecule has 0 saturated carbocycles. The average Bonchev–Trinajstić information content (AvgIpc) is 2.72. The molecule has 2 aromatic carbocycles. The van der Waals surface area contributed by atoms with Crippen LogP contribution >= 0.6 is 0 Å². The summed E-state index contributed by atoms with van der Waals surface area (Å²) in [5.41, 5.74) is 0.866. The number of hydrogen-bond donors (Lipinski definition) is 1. The molecule has 0 aliphatic carbocycles. The molecule has 0 unspecified atom stereocenters. The zero-order valence-corrected chi connectivity index (χ0v) is 16.4. The molecule has 160 valence electrons. The fourth-order valence-electron chi connectivity index (χ4n) is 2.48. The molecule has 0 radical (unpaired) electrons. The predicted octanol–water partition coefficient (Wildman–Crippen LogP) is 4.07. The minimum Gasteiger partial charge on any atom is -0.493 e. The van der Waals surface area contributed by atoms with E-state index in [0.29, 0.717) is 17.7 Å². The molecule has 1 N–H and O–H groups in total. The molecular weight excluding hydrogens is 400 g/mol. The molecule has 30 heavy (non-hydrogen) atoms. The highest BCUT2D eigenvalue weighted by molar-refractivity contribution is 6.00. The Hall–Kier alpha value is -3.49. The number of ketones is 1. The van der Waals surface area contributed by atoms with Gasteiger partial charge in [0.15, 0.2) is 23.9 Å². The van der Waals surface area contributed by atoms with E-state index in [4.69, 9.17) is 9.47 Å². The number of carbonyl (C=O) groups is 3. The Morgan fingerprint density at radius 3 is 2.27 bits per heavy atom. The van der Waals surface area contributed by atoms with Crippen molar-refractivity contribution in [2.75, 3.05) is 19.0 Å². The topological polar surface area (TPSA) is 90.9 Å². The van der Waals surface area contributed by atoms with E-state index in [1.807, 2.05) is 6.92 Å². The van der Waals surface area contributed by atoms with Crippen LogP contribution in [0.15, 0.2) is 42.5 Å². The molecule has 1 amide bonds. The highest BCUT2D eigenvalue weighted by Gasteiger charge is 2.16. The Labute approximate surface area is 171 Å². The Morgan fingerprint density at radius 1 is 1.00 bits per heavy atom. The third kappa shape index (κ3) is 6.54. The number of benzene rings is 2. The number of alkyl halides is 2. The Morgan fingerprint density at radius 2 is 1.67 bits per heavy atom. The van der Waals surface area contributed by atoms with Gasteiger partial charge in [0.2, 0.25) is 5.91 Å². The molecule has 7 nitrogen and oxygen atoms in total. The van der Waals surface area contributed by atoms with Gasteiger partial charge in [-0.1, -0.05) is 6.92 Å². The molecule has 9 heteroatoms. The molecule has 0 atom stereocenters. The van der Waals surface area contributed by atoms with E-state index in [-0.39, 0.29) is 23.0 Å². The molecule has 0 heterocycles. The third-order valence-corrected chi connectivity index (χ3v) is 3.92. The first-order valence-electron chi connectivity index (χ1n) is 9.07. The molecule has 0 fully saturated rings. The summed E-state index contributed by atoms with van der Waals surface area (Å²) in [6.45, 7) is -1.66. The van der Waals surface area contributed by atoms with Crippen molar-refractivity contribution in [1.82, 2.24) is 0 Å². The lowest BCUT2D eigenvalue weighted by Crippen LogP contribution is -2.15. The van der Waals surface area contributed by atoms with Gasteiger partial charge in [0, 0.05) is 17.7 Å². The van der Waals surface area contributed by atoms with Gasteiger partial charge in [-0.2, -0.15) is 8.78 Å². The Kier molecular flexibility index (Phi) is 8.28. The fourth-order valence-corrected chi connectivity index (χ4v) is 2.48. The van der Waals surface area contributed by atoms with Crippen LogP contribution in [0.3, 0.4) is 0 Å². The van der Waals surface area contributed by atoms with Gasteiger partial charge in [0.05, 0.1) is 12.7 Å². The summed E-state index contributed by atoms with van der Waals surface area (Å²) in [6, 6.07) is 9.73. The largest absolute Gasteiger partial charge is 0.493 e. The van der Waals surface area contributed by atoms with Crippen LogP contribution in [-0.4, -0.2) is 38.0 Å². The van der Waals surface area contributed by atoms with Gasteiger partial charge in [0.25, 0.3) is 0 Å². The number of Topliss-reactive ketones (excluding diaryl/α,β-unsaturated/α-hetero) is 1. The second-order valence-electron chi connectivity index (χ2n) is 6.12. The van der Waals surface area contributed by atoms with E-state index in [1.54, 1.807) is 12.1 Å². The smallest absolute Gasteiger partial charge is 0.387 e. The summed E-state index contributed by atoms with van der Waals surface area (Å²) in [7, 11) is 1.24. The second kappa shape index (κ2) is 10.9. The lowest BCUT2D eigenvalue weighted by Gasteiger charge is -2.11. The number of hydrogen-bond acceptors (Lipinski definition) is 6. The molecule has 2 rings (SSSR count). The van der Waals surface area contributed by atoms with Crippen molar-refractivity contribution >= 4 is 23.3 Å². The van der Waals surface area contributed by atoms with Crippen molar-refractivity contribution in [3.63, 3.8) is 0 Å².